The third-order valence-corrected chi connectivity index (χ3v) is 4.21. The van der Waals surface area contributed by atoms with E-state index in [1.807, 2.05) is 0 Å². The zero-order valence-electron chi connectivity index (χ0n) is 11.9. The SMILES string of the molecule is CC(C)(C)c1nsc(NCC2(CCO)CCOC2)n1. The van der Waals surface area contributed by atoms with Gasteiger partial charge in [0.05, 0.1) is 6.61 Å². The van der Waals surface area contributed by atoms with E-state index in [4.69, 9.17) is 4.74 Å². The number of nitrogens with one attached hydrogen (secondary N) is 1. The van der Waals surface area contributed by atoms with Crippen LogP contribution in [0.25, 0.3) is 0 Å². The van der Waals surface area contributed by atoms with Crippen molar-refractivity contribution in [2.75, 3.05) is 31.7 Å². The summed E-state index contributed by atoms with van der Waals surface area (Å²) in [5, 5.41) is 13.4. The lowest BCUT2D eigenvalue weighted by molar-refractivity contribution is 0.133. The Morgan fingerprint density at radius 1 is 1.47 bits per heavy atom. The molecular formula is C13H23N3O2S. The molecule has 2 heterocycles. The molecule has 0 aliphatic carbocycles. The number of aliphatic hydroxyl groups is 1. The van der Waals surface area contributed by atoms with Crippen molar-refractivity contribution in [2.45, 2.75) is 39.0 Å². The molecule has 108 valence electrons. The maximum atomic E-state index is 9.19. The molecule has 1 atom stereocenters. The van der Waals surface area contributed by atoms with Crippen molar-refractivity contribution in [3.63, 3.8) is 0 Å². The van der Waals surface area contributed by atoms with Crippen LogP contribution in [-0.2, 0) is 10.2 Å². The Balaban J connectivity index is 1.96. The molecule has 2 N–H and O–H groups in total. The molecule has 1 saturated heterocycles. The molecule has 1 aliphatic heterocycles. The quantitative estimate of drug-likeness (QED) is 0.866. The number of nitrogens with zero attached hydrogens (tertiary/aromatic N) is 2. The van der Waals surface area contributed by atoms with Gasteiger partial charge in [-0.3, -0.25) is 0 Å². The maximum absolute atomic E-state index is 9.19. The summed E-state index contributed by atoms with van der Waals surface area (Å²) in [4.78, 5) is 4.53. The first kappa shape index (κ1) is 14.7. The fourth-order valence-corrected chi connectivity index (χ4v) is 2.93. The minimum Gasteiger partial charge on any atom is -0.396 e. The Labute approximate surface area is 118 Å². The van der Waals surface area contributed by atoms with Crippen molar-refractivity contribution in [1.29, 1.82) is 0 Å². The predicted molar refractivity (Wildman–Crippen MR) is 76.7 cm³/mol. The van der Waals surface area contributed by atoms with Crippen LogP contribution in [0.15, 0.2) is 0 Å². The van der Waals surface area contributed by atoms with E-state index in [9.17, 15) is 5.11 Å². The van der Waals surface area contributed by atoms with Crippen LogP contribution in [0.3, 0.4) is 0 Å². The third kappa shape index (κ3) is 3.64. The molecule has 0 spiro atoms. The summed E-state index contributed by atoms with van der Waals surface area (Å²) in [5.41, 5.74) is 0.0258. The third-order valence-electron chi connectivity index (χ3n) is 3.54. The van der Waals surface area contributed by atoms with Gasteiger partial charge in [-0.05, 0) is 12.8 Å². The number of hydrogen-bond acceptors (Lipinski definition) is 6. The minimum absolute atomic E-state index is 0.0182. The van der Waals surface area contributed by atoms with Gasteiger partial charge in [0.25, 0.3) is 0 Å². The predicted octanol–water partition coefficient (Wildman–Crippen LogP) is 2.04. The molecule has 0 amide bonds. The topological polar surface area (TPSA) is 67.3 Å². The number of anilines is 1. The lowest BCUT2D eigenvalue weighted by Gasteiger charge is -2.26. The Morgan fingerprint density at radius 3 is 2.79 bits per heavy atom. The summed E-state index contributed by atoms with van der Waals surface area (Å²) >= 11 is 1.40. The molecule has 1 aromatic heterocycles. The van der Waals surface area contributed by atoms with Gasteiger partial charge in [-0.15, -0.1) is 0 Å². The van der Waals surface area contributed by atoms with Crippen molar-refractivity contribution in [3.8, 4) is 0 Å². The van der Waals surface area contributed by atoms with E-state index in [0.717, 1.165) is 36.9 Å². The van der Waals surface area contributed by atoms with E-state index >= 15 is 0 Å². The number of rotatable bonds is 5. The molecule has 1 aromatic rings. The van der Waals surface area contributed by atoms with Crippen LogP contribution in [-0.4, -0.2) is 40.8 Å². The van der Waals surface area contributed by atoms with Gasteiger partial charge < -0.3 is 15.2 Å². The highest BCUT2D eigenvalue weighted by atomic mass is 32.1. The van der Waals surface area contributed by atoms with Gasteiger partial charge in [-0.1, -0.05) is 20.8 Å². The van der Waals surface area contributed by atoms with Crippen molar-refractivity contribution < 1.29 is 9.84 Å². The summed E-state index contributed by atoms with van der Waals surface area (Å²) in [6.45, 7) is 8.81. The second kappa shape index (κ2) is 5.73. The standard InChI is InChI=1S/C13H23N3O2S/c1-12(2,3)10-15-11(19-16-10)14-8-13(4-6-17)5-7-18-9-13/h17H,4-9H2,1-3H3,(H,14,15,16). The number of aliphatic hydroxyl groups excluding tert-OH is 1. The summed E-state index contributed by atoms with van der Waals surface area (Å²) in [6, 6.07) is 0. The molecule has 1 fully saturated rings. The first-order valence-electron chi connectivity index (χ1n) is 6.72. The molecular weight excluding hydrogens is 262 g/mol. The second-order valence-corrected chi connectivity index (χ2v) is 7.05. The van der Waals surface area contributed by atoms with Gasteiger partial charge in [0.1, 0.15) is 5.82 Å². The summed E-state index contributed by atoms with van der Waals surface area (Å²) in [6.07, 6.45) is 1.76. The van der Waals surface area contributed by atoms with E-state index in [-0.39, 0.29) is 17.4 Å². The Morgan fingerprint density at radius 2 is 2.26 bits per heavy atom. The van der Waals surface area contributed by atoms with Gasteiger partial charge in [-0.2, -0.15) is 4.37 Å². The largest absolute Gasteiger partial charge is 0.396 e. The lowest BCUT2D eigenvalue weighted by Crippen LogP contribution is -2.31. The smallest absolute Gasteiger partial charge is 0.202 e. The fraction of sp³-hybridized carbons (Fsp3) is 0.846. The molecule has 19 heavy (non-hydrogen) atoms. The number of ether oxygens (including phenoxy) is 1. The Bertz CT molecular complexity index is 408. The van der Waals surface area contributed by atoms with Crippen LogP contribution in [0.2, 0.25) is 0 Å². The van der Waals surface area contributed by atoms with Crippen LogP contribution < -0.4 is 5.32 Å². The molecule has 2 rings (SSSR count). The fourth-order valence-electron chi connectivity index (χ4n) is 2.17. The van der Waals surface area contributed by atoms with Crippen LogP contribution in [0.5, 0.6) is 0 Å². The number of aromatic nitrogens is 2. The van der Waals surface area contributed by atoms with Gasteiger partial charge >= 0.3 is 0 Å². The van der Waals surface area contributed by atoms with E-state index in [1.165, 1.54) is 11.5 Å². The first-order chi connectivity index (χ1) is 8.95. The Kier molecular flexibility index (Phi) is 4.43. The minimum atomic E-state index is -0.0182. The Hall–Kier alpha value is -0.720. The van der Waals surface area contributed by atoms with Gasteiger partial charge in [0.15, 0.2) is 0 Å². The molecule has 0 bridgehead atoms. The molecule has 0 saturated carbocycles. The second-order valence-electron chi connectivity index (χ2n) is 6.30. The monoisotopic (exact) mass is 285 g/mol. The van der Waals surface area contributed by atoms with Gasteiger partial charge in [0, 0.05) is 42.1 Å². The molecule has 0 radical (unpaired) electrons. The first-order valence-corrected chi connectivity index (χ1v) is 7.49. The van der Waals surface area contributed by atoms with E-state index < -0.39 is 0 Å². The van der Waals surface area contributed by atoms with Gasteiger partial charge in [0.2, 0.25) is 5.13 Å². The molecule has 5 nitrogen and oxygen atoms in total. The summed E-state index contributed by atoms with van der Waals surface area (Å²) in [7, 11) is 0. The zero-order valence-corrected chi connectivity index (χ0v) is 12.7. The van der Waals surface area contributed by atoms with E-state index in [1.54, 1.807) is 0 Å². The van der Waals surface area contributed by atoms with Crippen LogP contribution in [0, 0.1) is 5.41 Å². The maximum Gasteiger partial charge on any atom is 0.202 e. The van der Waals surface area contributed by atoms with Crippen LogP contribution in [0.4, 0.5) is 5.13 Å². The van der Waals surface area contributed by atoms with E-state index in [0.29, 0.717) is 6.61 Å². The average Bonchev–Trinajstić information content (AvgIpc) is 2.94. The molecule has 0 aromatic carbocycles. The van der Waals surface area contributed by atoms with Crippen LogP contribution in [0.1, 0.15) is 39.4 Å². The molecule has 1 aliphatic rings. The van der Waals surface area contributed by atoms with Crippen LogP contribution >= 0.6 is 11.5 Å². The van der Waals surface area contributed by atoms with Crippen molar-refractivity contribution in [1.82, 2.24) is 9.36 Å². The van der Waals surface area contributed by atoms with Crippen molar-refractivity contribution in [3.05, 3.63) is 5.82 Å². The highest BCUT2D eigenvalue weighted by Crippen LogP contribution is 2.33. The van der Waals surface area contributed by atoms with Gasteiger partial charge in [-0.25, -0.2) is 4.98 Å². The average molecular weight is 285 g/mol. The molecule has 1 unspecified atom stereocenters. The summed E-state index contributed by atoms with van der Waals surface area (Å²) in [5.74, 6) is 0.874. The highest BCUT2D eigenvalue weighted by molar-refractivity contribution is 7.09. The zero-order chi connectivity index (χ0) is 13.9. The number of hydrogen-bond donors (Lipinski definition) is 2. The van der Waals surface area contributed by atoms with Crippen molar-refractivity contribution in [2.24, 2.45) is 5.41 Å². The lowest BCUT2D eigenvalue weighted by atomic mass is 9.84. The highest BCUT2D eigenvalue weighted by Gasteiger charge is 2.34. The van der Waals surface area contributed by atoms with Crippen molar-refractivity contribution >= 4 is 16.7 Å². The normalized spacial score (nSPS) is 23.8. The summed E-state index contributed by atoms with van der Waals surface area (Å²) < 4.78 is 9.87. The van der Waals surface area contributed by atoms with E-state index in [2.05, 4.69) is 35.4 Å². The molecule has 6 heteroatoms.